The van der Waals surface area contributed by atoms with Gasteiger partial charge in [-0.05, 0) is 50.4 Å². The van der Waals surface area contributed by atoms with Crippen LogP contribution >= 0.6 is 35.0 Å². The number of primary amides is 1. The van der Waals surface area contributed by atoms with Crippen LogP contribution in [-0.2, 0) is 4.79 Å². The molecule has 1 fully saturated rings. The summed E-state index contributed by atoms with van der Waals surface area (Å²) in [6.07, 6.45) is 3.63. The molecule has 0 saturated heterocycles. The number of likely N-dealkylation sites (N-methyl/N-ethyl adjacent to an activating group) is 1. The lowest BCUT2D eigenvalue weighted by molar-refractivity contribution is -0.125. The zero-order valence-electron chi connectivity index (χ0n) is 12.0. The Morgan fingerprint density at radius 1 is 1.48 bits per heavy atom. The summed E-state index contributed by atoms with van der Waals surface area (Å²) in [6, 6.07) is 5.65. The van der Waals surface area contributed by atoms with Crippen molar-refractivity contribution in [3.8, 4) is 0 Å². The normalized spacial score (nSPS) is 25.8. The minimum Gasteiger partial charge on any atom is -0.368 e. The molecule has 21 heavy (non-hydrogen) atoms. The summed E-state index contributed by atoms with van der Waals surface area (Å²) in [6.45, 7) is 2.74. The molecule has 3 nitrogen and oxygen atoms in total. The molecule has 1 aliphatic carbocycles. The average molecular weight is 347 g/mol. The zero-order chi connectivity index (χ0) is 15.5. The van der Waals surface area contributed by atoms with E-state index in [1.165, 1.54) is 0 Å². The molecule has 0 radical (unpaired) electrons. The monoisotopic (exact) mass is 346 g/mol. The SMILES string of the molecule is CCNC1(C(N)=O)CCCC(Sc2ccc(Cl)c(Cl)c2)C1. The van der Waals surface area contributed by atoms with Crippen LogP contribution < -0.4 is 11.1 Å². The highest BCUT2D eigenvalue weighted by Gasteiger charge is 2.40. The number of hydrogen-bond donors (Lipinski definition) is 2. The van der Waals surface area contributed by atoms with Crippen LogP contribution in [0.1, 0.15) is 32.6 Å². The van der Waals surface area contributed by atoms with Gasteiger partial charge < -0.3 is 11.1 Å². The highest BCUT2D eigenvalue weighted by atomic mass is 35.5. The molecule has 1 saturated carbocycles. The van der Waals surface area contributed by atoms with Crippen LogP contribution in [0, 0.1) is 0 Å². The van der Waals surface area contributed by atoms with Crippen LogP contribution in [0.3, 0.4) is 0 Å². The van der Waals surface area contributed by atoms with Crippen molar-refractivity contribution in [3.05, 3.63) is 28.2 Å². The number of nitrogens with one attached hydrogen (secondary N) is 1. The van der Waals surface area contributed by atoms with Crippen LogP contribution in [0.4, 0.5) is 0 Å². The smallest absolute Gasteiger partial charge is 0.237 e. The summed E-state index contributed by atoms with van der Waals surface area (Å²) in [7, 11) is 0. The second-order valence-corrected chi connectivity index (χ2v) is 7.58. The number of carbonyl (C=O) groups excluding carboxylic acids is 1. The van der Waals surface area contributed by atoms with Gasteiger partial charge in [-0.25, -0.2) is 0 Å². The average Bonchev–Trinajstić information content (AvgIpc) is 2.43. The van der Waals surface area contributed by atoms with E-state index in [0.29, 0.717) is 15.3 Å². The number of thioether (sulfide) groups is 1. The van der Waals surface area contributed by atoms with Gasteiger partial charge in [0.1, 0.15) is 0 Å². The molecule has 6 heteroatoms. The lowest BCUT2D eigenvalue weighted by Crippen LogP contribution is -2.58. The quantitative estimate of drug-likeness (QED) is 0.850. The summed E-state index contributed by atoms with van der Waals surface area (Å²) >= 11 is 13.7. The first kappa shape index (κ1) is 16.9. The first-order chi connectivity index (χ1) is 9.97. The molecule has 2 rings (SSSR count). The van der Waals surface area contributed by atoms with E-state index in [1.807, 2.05) is 19.1 Å². The van der Waals surface area contributed by atoms with Crippen LogP contribution in [0.25, 0.3) is 0 Å². The third-order valence-corrected chi connectivity index (χ3v) is 5.89. The summed E-state index contributed by atoms with van der Waals surface area (Å²) in [5.74, 6) is -0.246. The molecular weight excluding hydrogens is 327 g/mol. The van der Waals surface area contributed by atoms with Gasteiger partial charge in [0.25, 0.3) is 0 Å². The van der Waals surface area contributed by atoms with Gasteiger partial charge in [-0.15, -0.1) is 11.8 Å². The second-order valence-electron chi connectivity index (χ2n) is 5.39. The Hall–Kier alpha value is -0.420. The van der Waals surface area contributed by atoms with E-state index in [9.17, 15) is 4.79 Å². The molecule has 0 aliphatic heterocycles. The van der Waals surface area contributed by atoms with E-state index in [1.54, 1.807) is 17.8 Å². The van der Waals surface area contributed by atoms with Crippen molar-refractivity contribution >= 4 is 40.9 Å². The number of amides is 1. The van der Waals surface area contributed by atoms with Crippen LogP contribution in [-0.4, -0.2) is 23.2 Å². The van der Waals surface area contributed by atoms with Crippen molar-refractivity contribution in [3.63, 3.8) is 0 Å². The Morgan fingerprint density at radius 3 is 2.86 bits per heavy atom. The number of hydrogen-bond acceptors (Lipinski definition) is 3. The number of halogens is 2. The van der Waals surface area contributed by atoms with E-state index < -0.39 is 5.54 Å². The van der Waals surface area contributed by atoms with Gasteiger partial charge in [-0.3, -0.25) is 4.79 Å². The molecule has 0 bridgehead atoms. The fourth-order valence-electron chi connectivity index (χ4n) is 2.88. The van der Waals surface area contributed by atoms with E-state index in [4.69, 9.17) is 28.9 Å². The maximum Gasteiger partial charge on any atom is 0.237 e. The molecular formula is C15H20Cl2N2OS. The lowest BCUT2D eigenvalue weighted by Gasteiger charge is -2.39. The third kappa shape index (κ3) is 4.07. The number of benzene rings is 1. The Morgan fingerprint density at radius 2 is 2.24 bits per heavy atom. The van der Waals surface area contributed by atoms with Crippen molar-refractivity contribution in [1.82, 2.24) is 5.32 Å². The lowest BCUT2D eigenvalue weighted by atomic mass is 9.80. The maximum atomic E-state index is 11.9. The predicted molar refractivity (Wildman–Crippen MR) is 90.2 cm³/mol. The molecule has 2 unspecified atom stereocenters. The highest BCUT2D eigenvalue weighted by Crippen LogP contribution is 2.39. The third-order valence-electron chi connectivity index (χ3n) is 3.89. The molecule has 1 amide bonds. The summed E-state index contributed by atoms with van der Waals surface area (Å²) in [5.41, 5.74) is 5.07. The number of rotatable bonds is 5. The summed E-state index contributed by atoms with van der Waals surface area (Å²) in [5, 5.41) is 4.77. The first-order valence-electron chi connectivity index (χ1n) is 7.13. The van der Waals surface area contributed by atoms with Crippen LogP contribution in [0.2, 0.25) is 10.0 Å². The molecule has 0 heterocycles. The van der Waals surface area contributed by atoms with Crippen molar-refractivity contribution < 1.29 is 4.79 Å². The zero-order valence-corrected chi connectivity index (χ0v) is 14.3. The van der Waals surface area contributed by atoms with Gasteiger partial charge in [0, 0.05) is 10.1 Å². The van der Waals surface area contributed by atoms with Gasteiger partial charge in [0.05, 0.1) is 15.6 Å². The van der Waals surface area contributed by atoms with E-state index >= 15 is 0 Å². The Balaban J connectivity index is 2.09. The van der Waals surface area contributed by atoms with Gasteiger partial charge in [-0.2, -0.15) is 0 Å². The molecule has 3 N–H and O–H groups in total. The molecule has 0 aromatic heterocycles. The van der Waals surface area contributed by atoms with Crippen molar-refractivity contribution in [2.75, 3.05) is 6.54 Å². The van der Waals surface area contributed by atoms with Crippen molar-refractivity contribution in [2.45, 2.75) is 48.3 Å². The van der Waals surface area contributed by atoms with Crippen molar-refractivity contribution in [1.29, 1.82) is 0 Å². The van der Waals surface area contributed by atoms with Gasteiger partial charge >= 0.3 is 0 Å². The van der Waals surface area contributed by atoms with E-state index in [0.717, 1.165) is 37.1 Å². The Kier molecular flexibility index (Phi) is 5.83. The molecule has 2 atom stereocenters. The fraction of sp³-hybridized carbons (Fsp3) is 0.533. The minimum atomic E-state index is -0.569. The predicted octanol–water partition coefficient (Wildman–Crippen LogP) is 3.86. The highest BCUT2D eigenvalue weighted by molar-refractivity contribution is 8.00. The molecule has 116 valence electrons. The molecule has 0 spiro atoms. The number of nitrogens with two attached hydrogens (primary N) is 1. The van der Waals surface area contributed by atoms with Gasteiger partial charge in [-0.1, -0.05) is 30.1 Å². The first-order valence-corrected chi connectivity index (χ1v) is 8.77. The van der Waals surface area contributed by atoms with Gasteiger partial charge in [0.15, 0.2) is 0 Å². The van der Waals surface area contributed by atoms with E-state index in [2.05, 4.69) is 5.32 Å². The van der Waals surface area contributed by atoms with Crippen LogP contribution in [0.15, 0.2) is 23.1 Å². The summed E-state index contributed by atoms with van der Waals surface area (Å²) < 4.78 is 0. The van der Waals surface area contributed by atoms with E-state index in [-0.39, 0.29) is 5.91 Å². The molecule has 1 aromatic carbocycles. The summed E-state index contributed by atoms with van der Waals surface area (Å²) in [4.78, 5) is 13.0. The Labute approximate surface area is 139 Å². The molecule has 1 aromatic rings. The largest absolute Gasteiger partial charge is 0.368 e. The topological polar surface area (TPSA) is 55.1 Å². The second kappa shape index (κ2) is 7.23. The number of carbonyl (C=O) groups is 1. The Bertz CT molecular complexity index is 522. The van der Waals surface area contributed by atoms with Crippen LogP contribution in [0.5, 0.6) is 0 Å². The minimum absolute atomic E-state index is 0.246. The van der Waals surface area contributed by atoms with Crippen molar-refractivity contribution in [2.24, 2.45) is 5.73 Å². The molecule has 1 aliphatic rings. The fourth-order valence-corrected chi connectivity index (χ4v) is 4.61. The van der Waals surface area contributed by atoms with Gasteiger partial charge in [0.2, 0.25) is 5.91 Å². The standard InChI is InChI=1S/C15H20Cl2N2OS/c1-2-19-15(14(18)20)7-3-4-11(9-15)21-10-5-6-12(16)13(17)8-10/h5-6,8,11,19H,2-4,7,9H2,1H3,(H2,18,20). The maximum absolute atomic E-state index is 11.9.